The van der Waals surface area contributed by atoms with E-state index in [2.05, 4.69) is 0 Å². The van der Waals surface area contributed by atoms with Crippen LogP contribution in [0.3, 0.4) is 0 Å². The molecule has 1 saturated carbocycles. The molecule has 0 spiro atoms. The molecule has 7 heteroatoms. The second kappa shape index (κ2) is 5.65. The number of para-hydroxylation sites is 1. The molecule has 1 aromatic carbocycles. The number of ether oxygens (including phenoxy) is 1. The number of benzene rings is 1. The third kappa shape index (κ3) is 3.67. The first-order chi connectivity index (χ1) is 9.31. The lowest BCUT2D eigenvalue weighted by Crippen LogP contribution is -2.36. The molecule has 4 nitrogen and oxygen atoms in total. The van der Waals surface area contributed by atoms with Crippen LogP contribution in [-0.4, -0.2) is 20.8 Å². The van der Waals surface area contributed by atoms with Gasteiger partial charge in [-0.2, -0.15) is 0 Å². The van der Waals surface area contributed by atoms with Crippen molar-refractivity contribution in [2.75, 3.05) is 12.4 Å². The van der Waals surface area contributed by atoms with Crippen LogP contribution < -0.4 is 9.88 Å². The van der Waals surface area contributed by atoms with Crippen molar-refractivity contribution in [3.8, 4) is 5.75 Å². The van der Waals surface area contributed by atoms with Crippen LogP contribution in [0.25, 0.3) is 0 Å². The average Bonchev–Trinajstić information content (AvgIpc) is 2.75. The number of rotatable bonds is 5. The van der Waals surface area contributed by atoms with E-state index in [0.717, 1.165) is 25.0 Å². The molecule has 1 aromatic rings. The minimum Gasteiger partial charge on any atom is -0.487 e. The Morgan fingerprint density at radius 3 is 2.25 bits per heavy atom. The summed E-state index contributed by atoms with van der Waals surface area (Å²) in [4.78, 5) is 0. The Kier molecular flexibility index (Phi) is 4.29. The third-order valence-corrected chi connectivity index (χ3v) is 4.63. The van der Waals surface area contributed by atoms with Crippen molar-refractivity contribution in [3.05, 3.63) is 29.8 Å². The van der Waals surface area contributed by atoms with Crippen LogP contribution in [0.5, 0.6) is 5.75 Å². The molecule has 1 aliphatic rings. The zero-order valence-corrected chi connectivity index (χ0v) is 11.8. The molecule has 112 valence electrons. The van der Waals surface area contributed by atoms with Crippen molar-refractivity contribution < 1.29 is 21.9 Å². The van der Waals surface area contributed by atoms with Crippen LogP contribution in [-0.2, 0) is 10.0 Å². The summed E-state index contributed by atoms with van der Waals surface area (Å²) in [5.41, 5.74) is -0.650. The lowest BCUT2D eigenvalue weighted by molar-refractivity contribution is 0.159. The second-order valence-electron chi connectivity index (χ2n) is 5.35. The van der Waals surface area contributed by atoms with Gasteiger partial charge < -0.3 is 4.74 Å². The highest BCUT2D eigenvalue weighted by Gasteiger charge is 2.38. The highest BCUT2D eigenvalue weighted by molar-refractivity contribution is 7.89. The van der Waals surface area contributed by atoms with Crippen LogP contribution in [0.15, 0.2) is 18.2 Å². The zero-order chi connectivity index (χ0) is 14.8. The smallest absolute Gasteiger partial charge is 0.209 e. The standard InChI is InChI=1S/C13H17F2NO3S/c14-10-4-3-5-11(15)12(10)19-8-13(6-1-2-7-13)9-20(16,17)18/h3-5H,1-2,6-9H2,(H2,16,17,18). The van der Waals surface area contributed by atoms with Gasteiger partial charge in [-0.1, -0.05) is 18.9 Å². The minimum atomic E-state index is -3.66. The summed E-state index contributed by atoms with van der Waals surface area (Å²) in [6.07, 6.45) is 2.97. The molecule has 0 atom stereocenters. The van der Waals surface area contributed by atoms with Gasteiger partial charge in [-0.05, 0) is 25.0 Å². The number of halogens is 2. The maximum atomic E-state index is 13.5. The van der Waals surface area contributed by atoms with E-state index in [9.17, 15) is 17.2 Å². The van der Waals surface area contributed by atoms with E-state index in [1.807, 2.05) is 0 Å². The van der Waals surface area contributed by atoms with E-state index >= 15 is 0 Å². The summed E-state index contributed by atoms with van der Waals surface area (Å²) in [6, 6.07) is 3.44. The molecule has 0 heterocycles. The number of nitrogens with two attached hydrogens (primary N) is 1. The summed E-state index contributed by atoms with van der Waals surface area (Å²) >= 11 is 0. The summed E-state index contributed by atoms with van der Waals surface area (Å²) in [7, 11) is -3.66. The van der Waals surface area contributed by atoms with Crippen molar-refractivity contribution in [2.24, 2.45) is 10.6 Å². The summed E-state index contributed by atoms with van der Waals surface area (Å²) in [5.74, 6) is -2.29. The van der Waals surface area contributed by atoms with Crippen molar-refractivity contribution in [2.45, 2.75) is 25.7 Å². The molecule has 0 saturated heterocycles. The SMILES string of the molecule is NS(=O)(=O)CC1(COc2c(F)cccc2F)CCCC1. The Morgan fingerprint density at radius 1 is 1.20 bits per heavy atom. The van der Waals surface area contributed by atoms with E-state index in [1.54, 1.807) is 0 Å². The molecule has 0 bridgehead atoms. The fourth-order valence-corrected chi connectivity index (χ4v) is 3.95. The first kappa shape index (κ1) is 15.2. The topological polar surface area (TPSA) is 69.4 Å². The highest BCUT2D eigenvalue weighted by Crippen LogP contribution is 2.39. The first-order valence-electron chi connectivity index (χ1n) is 6.39. The molecule has 20 heavy (non-hydrogen) atoms. The Bertz CT molecular complexity index is 563. The van der Waals surface area contributed by atoms with Crippen molar-refractivity contribution >= 4 is 10.0 Å². The van der Waals surface area contributed by atoms with Crippen LogP contribution >= 0.6 is 0 Å². The van der Waals surface area contributed by atoms with Gasteiger partial charge in [0.1, 0.15) is 0 Å². The molecule has 2 rings (SSSR count). The first-order valence-corrected chi connectivity index (χ1v) is 8.10. The van der Waals surface area contributed by atoms with E-state index in [0.29, 0.717) is 12.8 Å². The van der Waals surface area contributed by atoms with E-state index in [4.69, 9.17) is 9.88 Å². The molecular formula is C13H17F2NO3S. The molecule has 0 aliphatic heterocycles. The maximum Gasteiger partial charge on any atom is 0.209 e. The molecule has 2 N–H and O–H groups in total. The Morgan fingerprint density at radius 2 is 1.75 bits per heavy atom. The van der Waals surface area contributed by atoms with E-state index < -0.39 is 32.8 Å². The lowest BCUT2D eigenvalue weighted by atomic mass is 9.90. The van der Waals surface area contributed by atoms with Crippen LogP contribution in [0.2, 0.25) is 0 Å². The molecule has 0 unspecified atom stereocenters. The minimum absolute atomic E-state index is 0.0543. The normalized spacial score (nSPS) is 18.1. The van der Waals surface area contributed by atoms with E-state index in [1.165, 1.54) is 6.07 Å². The predicted octanol–water partition coefficient (Wildman–Crippen LogP) is 2.19. The Hall–Kier alpha value is -1.21. The number of primary sulfonamides is 1. The van der Waals surface area contributed by atoms with Crippen LogP contribution in [0, 0.1) is 17.0 Å². The zero-order valence-electron chi connectivity index (χ0n) is 10.9. The van der Waals surface area contributed by atoms with Crippen LogP contribution in [0.1, 0.15) is 25.7 Å². The maximum absolute atomic E-state index is 13.5. The molecule has 0 radical (unpaired) electrons. The summed E-state index contributed by atoms with van der Waals surface area (Å²) in [5, 5.41) is 5.10. The average molecular weight is 305 g/mol. The third-order valence-electron chi connectivity index (χ3n) is 3.61. The number of hydrogen-bond donors (Lipinski definition) is 1. The molecule has 0 amide bonds. The van der Waals surface area contributed by atoms with Gasteiger partial charge >= 0.3 is 0 Å². The summed E-state index contributed by atoms with van der Waals surface area (Å²) in [6.45, 7) is -0.0543. The number of sulfonamides is 1. The summed E-state index contributed by atoms with van der Waals surface area (Å²) < 4.78 is 54.8. The second-order valence-corrected chi connectivity index (χ2v) is 6.97. The van der Waals surface area contributed by atoms with Crippen molar-refractivity contribution in [3.63, 3.8) is 0 Å². The molecule has 1 aliphatic carbocycles. The highest BCUT2D eigenvalue weighted by atomic mass is 32.2. The predicted molar refractivity (Wildman–Crippen MR) is 70.7 cm³/mol. The molecular weight excluding hydrogens is 288 g/mol. The lowest BCUT2D eigenvalue weighted by Gasteiger charge is -2.27. The van der Waals surface area contributed by atoms with Gasteiger partial charge in [0.15, 0.2) is 17.4 Å². The van der Waals surface area contributed by atoms with Gasteiger partial charge in [-0.25, -0.2) is 22.3 Å². The Labute approximate surface area is 117 Å². The fourth-order valence-electron chi connectivity index (χ4n) is 2.73. The van der Waals surface area contributed by atoms with Gasteiger partial charge in [0.2, 0.25) is 10.0 Å². The van der Waals surface area contributed by atoms with Gasteiger partial charge in [0, 0.05) is 5.41 Å². The van der Waals surface area contributed by atoms with Crippen molar-refractivity contribution in [1.82, 2.24) is 0 Å². The largest absolute Gasteiger partial charge is 0.487 e. The van der Waals surface area contributed by atoms with Gasteiger partial charge in [0.05, 0.1) is 12.4 Å². The molecule has 0 aromatic heterocycles. The quantitative estimate of drug-likeness (QED) is 0.906. The number of hydrogen-bond acceptors (Lipinski definition) is 3. The van der Waals surface area contributed by atoms with Gasteiger partial charge in [-0.3, -0.25) is 0 Å². The van der Waals surface area contributed by atoms with Gasteiger partial charge in [-0.15, -0.1) is 0 Å². The van der Waals surface area contributed by atoms with Crippen molar-refractivity contribution in [1.29, 1.82) is 0 Å². The molecule has 1 fully saturated rings. The van der Waals surface area contributed by atoms with E-state index in [-0.39, 0.29) is 12.4 Å². The van der Waals surface area contributed by atoms with Gasteiger partial charge in [0.25, 0.3) is 0 Å². The Balaban J connectivity index is 2.14. The van der Waals surface area contributed by atoms with Crippen LogP contribution in [0.4, 0.5) is 8.78 Å². The monoisotopic (exact) mass is 305 g/mol. The fraction of sp³-hybridized carbons (Fsp3) is 0.538.